The van der Waals surface area contributed by atoms with Crippen molar-refractivity contribution in [2.45, 2.75) is 78.2 Å². The molecule has 1 heterocycles. The number of hydrogen-bond acceptors (Lipinski definition) is 2. The quantitative estimate of drug-likeness (QED) is 0.843. The SMILES string of the molecule is CC(C)(N)C(C)(C)C(=O)N1CCC2(CCCCC2)CC1. The van der Waals surface area contributed by atoms with Gasteiger partial charge in [0.25, 0.3) is 0 Å². The first-order valence-electron chi connectivity index (χ1n) is 8.26. The monoisotopic (exact) mass is 280 g/mol. The second-order valence-corrected chi connectivity index (χ2v) is 8.20. The number of amides is 1. The number of piperidine rings is 1. The molecule has 1 aliphatic heterocycles. The normalized spacial score (nSPS) is 23.9. The van der Waals surface area contributed by atoms with Gasteiger partial charge in [0.05, 0.1) is 5.41 Å². The minimum atomic E-state index is -0.496. The van der Waals surface area contributed by atoms with Crippen molar-refractivity contribution >= 4 is 5.91 Å². The molecule has 20 heavy (non-hydrogen) atoms. The summed E-state index contributed by atoms with van der Waals surface area (Å²) in [5.74, 6) is 0.232. The molecule has 0 aromatic heterocycles. The van der Waals surface area contributed by atoms with E-state index in [0.29, 0.717) is 5.41 Å². The zero-order valence-corrected chi connectivity index (χ0v) is 13.8. The van der Waals surface area contributed by atoms with Gasteiger partial charge in [0.15, 0.2) is 0 Å². The van der Waals surface area contributed by atoms with Gasteiger partial charge in [0.2, 0.25) is 5.91 Å². The van der Waals surface area contributed by atoms with Crippen molar-refractivity contribution in [1.29, 1.82) is 0 Å². The van der Waals surface area contributed by atoms with Gasteiger partial charge in [-0.2, -0.15) is 0 Å². The van der Waals surface area contributed by atoms with Crippen molar-refractivity contribution in [3.63, 3.8) is 0 Å². The Bertz CT molecular complexity index is 352. The second-order valence-electron chi connectivity index (χ2n) is 8.20. The largest absolute Gasteiger partial charge is 0.342 e. The number of likely N-dealkylation sites (tertiary alicyclic amines) is 1. The molecule has 0 aromatic carbocycles. The van der Waals surface area contributed by atoms with Crippen molar-refractivity contribution < 1.29 is 4.79 Å². The molecule has 3 nitrogen and oxygen atoms in total. The molecule has 0 bridgehead atoms. The molecule has 2 fully saturated rings. The fraction of sp³-hybridized carbons (Fsp3) is 0.941. The average molecular weight is 280 g/mol. The fourth-order valence-electron chi connectivity index (χ4n) is 3.66. The molecule has 0 radical (unpaired) electrons. The lowest BCUT2D eigenvalue weighted by Crippen LogP contribution is -2.58. The number of nitrogens with two attached hydrogens (primary N) is 1. The average Bonchev–Trinajstić information content (AvgIpc) is 2.38. The molecule has 0 unspecified atom stereocenters. The summed E-state index contributed by atoms with van der Waals surface area (Å²) in [6.45, 7) is 9.74. The third-order valence-corrected chi connectivity index (χ3v) is 6.17. The molecule has 3 heteroatoms. The van der Waals surface area contributed by atoms with Gasteiger partial charge in [-0.15, -0.1) is 0 Å². The van der Waals surface area contributed by atoms with Crippen LogP contribution in [0.2, 0.25) is 0 Å². The third kappa shape index (κ3) is 2.88. The molecule has 1 saturated heterocycles. The van der Waals surface area contributed by atoms with Crippen LogP contribution in [0.3, 0.4) is 0 Å². The maximum absolute atomic E-state index is 12.8. The minimum Gasteiger partial charge on any atom is -0.342 e. The highest BCUT2D eigenvalue weighted by Gasteiger charge is 2.45. The van der Waals surface area contributed by atoms with Crippen LogP contribution in [0.4, 0.5) is 0 Å². The molecular weight excluding hydrogens is 248 g/mol. The van der Waals surface area contributed by atoms with Gasteiger partial charge in [-0.3, -0.25) is 4.79 Å². The molecule has 1 spiro atoms. The Kier molecular flexibility index (Phi) is 4.21. The van der Waals surface area contributed by atoms with E-state index in [0.717, 1.165) is 13.1 Å². The predicted octanol–water partition coefficient (Wildman–Crippen LogP) is 3.32. The van der Waals surface area contributed by atoms with Gasteiger partial charge < -0.3 is 10.6 Å². The topological polar surface area (TPSA) is 46.3 Å². The molecule has 2 aliphatic rings. The summed E-state index contributed by atoms with van der Waals surface area (Å²) in [5.41, 5.74) is 5.78. The maximum atomic E-state index is 12.8. The summed E-state index contributed by atoms with van der Waals surface area (Å²) < 4.78 is 0. The van der Waals surface area contributed by atoms with E-state index >= 15 is 0 Å². The van der Waals surface area contributed by atoms with E-state index in [4.69, 9.17) is 5.73 Å². The molecule has 1 aliphatic carbocycles. The first-order chi connectivity index (χ1) is 9.18. The Morgan fingerprint density at radius 2 is 1.45 bits per heavy atom. The Labute approximate surface area is 124 Å². The highest BCUT2D eigenvalue weighted by Crippen LogP contribution is 2.45. The number of rotatable bonds is 2. The maximum Gasteiger partial charge on any atom is 0.230 e. The van der Waals surface area contributed by atoms with Crippen molar-refractivity contribution in [3.05, 3.63) is 0 Å². The molecule has 2 N–H and O–H groups in total. The van der Waals surface area contributed by atoms with Crippen molar-refractivity contribution in [2.75, 3.05) is 13.1 Å². The van der Waals surface area contributed by atoms with Gasteiger partial charge in [-0.1, -0.05) is 19.3 Å². The van der Waals surface area contributed by atoms with E-state index in [1.54, 1.807) is 0 Å². The van der Waals surface area contributed by atoms with E-state index in [2.05, 4.69) is 4.90 Å². The van der Waals surface area contributed by atoms with Gasteiger partial charge in [-0.05, 0) is 58.8 Å². The van der Waals surface area contributed by atoms with Crippen LogP contribution in [0.1, 0.15) is 72.6 Å². The molecule has 1 saturated carbocycles. The number of carbonyl (C=O) groups is 1. The summed E-state index contributed by atoms with van der Waals surface area (Å²) in [6, 6.07) is 0. The van der Waals surface area contributed by atoms with E-state index in [-0.39, 0.29) is 5.91 Å². The zero-order chi connectivity index (χ0) is 15.0. The molecule has 0 atom stereocenters. The summed E-state index contributed by atoms with van der Waals surface area (Å²) in [4.78, 5) is 14.8. The Balaban J connectivity index is 1.98. The van der Waals surface area contributed by atoms with Crippen LogP contribution in [0.25, 0.3) is 0 Å². The molecule has 2 rings (SSSR count). The highest BCUT2D eigenvalue weighted by molar-refractivity contribution is 5.83. The fourth-order valence-corrected chi connectivity index (χ4v) is 3.66. The van der Waals surface area contributed by atoms with Crippen LogP contribution < -0.4 is 5.73 Å². The summed E-state index contributed by atoms with van der Waals surface area (Å²) in [6.07, 6.45) is 9.31. The third-order valence-electron chi connectivity index (χ3n) is 6.17. The summed E-state index contributed by atoms with van der Waals surface area (Å²) in [7, 11) is 0. The van der Waals surface area contributed by atoms with E-state index < -0.39 is 11.0 Å². The van der Waals surface area contributed by atoms with Crippen LogP contribution in [-0.2, 0) is 4.79 Å². The van der Waals surface area contributed by atoms with E-state index in [1.807, 2.05) is 27.7 Å². The minimum absolute atomic E-state index is 0.232. The van der Waals surface area contributed by atoms with Gasteiger partial charge in [-0.25, -0.2) is 0 Å². The van der Waals surface area contributed by atoms with E-state index in [1.165, 1.54) is 44.9 Å². The standard InChI is InChI=1S/C17H32N2O/c1-15(2,16(3,4)18)14(20)19-12-10-17(11-13-19)8-6-5-7-9-17/h5-13,18H2,1-4H3. The lowest BCUT2D eigenvalue weighted by atomic mass is 9.67. The van der Waals surface area contributed by atoms with Crippen molar-refractivity contribution in [1.82, 2.24) is 4.90 Å². The lowest BCUT2D eigenvalue weighted by Gasteiger charge is -2.47. The van der Waals surface area contributed by atoms with Gasteiger partial charge >= 0.3 is 0 Å². The lowest BCUT2D eigenvalue weighted by molar-refractivity contribution is -0.146. The summed E-state index contributed by atoms with van der Waals surface area (Å²) >= 11 is 0. The van der Waals surface area contributed by atoms with Crippen LogP contribution in [0, 0.1) is 10.8 Å². The molecule has 0 aromatic rings. The van der Waals surface area contributed by atoms with Gasteiger partial charge in [0, 0.05) is 18.6 Å². The number of nitrogens with zero attached hydrogens (tertiary/aromatic N) is 1. The highest BCUT2D eigenvalue weighted by atomic mass is 16.2. The molecule has 116 valence electrons. The Morgan fingerprint density at radius 1 is 0.950 bits per heavy atom. The number of hydrogen-bond donors (Lipinski definition) is 1. The number of carbonyl (C=O) groups excluding carboxylic acids is 1. The predicted molar refractivity (Wildman–Crippen MR) is 83.4 cm³/mol. The van der Waals surface area contributed by atoms with Crippen LogP contribution >= 0.6 is 0 Å². The molecule has 1 amide bonds. The zero-order valence-electron chi connectivity index (χ0n) is 13.8. The Hall–Kier alpha value is -0.570. The Morgan fingerprint density at radius 3 is 1.90 bits per heavy atom. The first-order valence-corrected chi connectivity index (χ1v) is 8.26. The van der Waals surface area contributed by atoms with Crippen LogP contribution in [0.5, 0.6) is 0 Å². The summed E-state index contributed by atoms with van der Waals surface area (Å²) in [5, 5.41) is 0. The first kappa shape index (κ1) is 15.8. The van der Waals surface area contributed by atoms with Crippen LogP contribution in [0.15, 0.2) is 0 Å². The van der Waals surface area contributed by atoms with Gasteiger partial charge in [0.1, 0.15) is 0 Å². The van der Waals surface area contributed by atoms with Crippen LogP contribution in [-0.4, -0.2) is 29.4 Å². The molecular formula is C17H32N2O. The second kappa shape index (κ2) is 5.32. The van der Waals surface area contributed by atoms with Crippen molar-refractivity contribution in [3.8, 4) is 0 Å². The van der Waals surface area contributed by atoms with Crippen molar-refractivity contribution in [2.24, 2.45) is 16.6 Å². The van der Waals surface area contributed by atoms with E-state index in [9.17, 15) is 4.79 Å². The smallest absolute Gasteiger partial charge is 0.230 e.